The minimum absolute atomic E-state index is 0.353. The maximum atomic E-state index is 12.8. The third-order valence-electron chi connectivity index (χ3n) is 3.15. The van der Waals surface area contributed by atoms with Gasteiger partial charge in [-0.25, -0.2) is 4.98 Å². The molecule has 7 heteroatoms. The molecule has 1 heterocycles. The van der Waals surface area contributed by atoms with Crippen molar-refractivity contribution in [3.63, 3.8) is 0 Å². The zero-order valence-corrected chi connectivity index (χ0v) is 12.0. The monoisotopic (exact) mass is 301 g/mol. The van der Waals surface area contributed by atoms with Gasteiger partial charge < -0.3 is 14.6 Å². The maximum Gasteiger partial charge on any atom is 0.416 e. The van der Waals surface area contributed by atoms with Gasteiger partial charge in [0.1, 0.15) is 5.82 Å². The Morgan fingerprint density at radius 3 is 2.71 bits per heavy atom. The van der Waals surface area contributed by atoms with Crippen LogP contribution in [-0.2, 0) is 24.0 Å². The van der Waals surface area contributed by atoms with Crippen molar-refractivity contribution in [1.82, 2.24) is 14.9 Å². The molecule has 116 valence electrons. The number of nitrogens with zero attached hydrogens (tertiary/aromatic N) is 2. The van der Waals surface area contributed by atoms with Crippen LogP contribution in [0.5, 0.6) is 0 Å². The molecule has 0 fully saturated rings. The quantitative estimate of drug-likeness (QED) is 0.834. The average Bonchev–Trinajstić information content (AvgIpc) is 2.76. The molecular formula is C14H18F3N3O. The molecule has 0 radical (unpaired) electrons. The number of hydrogen-bond donors (Lipinski definition) is 1. The summed E-state index contributed by atoms with van der Waals surface area (Å²) in [6.45, 7) is 4.05. The minimum Gasteiger partial charge on any atom is -0.380 e. The summed E-state index contributed by atoms with van der Waals surface area (Å²) in [5.74, 6) is 0.700. The van der Waals surface area contributed by atoms with E-state index in [0.717, 1.165) is 12.1 Å². The molecule has 0 aliphatic carbocycles. The highest BCUT2D eigenvalue weighted by Gasteiger charge is 2.31. The van der Waals surface area contributed by atoms with Gasteiger partial charge >= 0.3 is 6.18 Å². The zero-order chi connectivity index (χ0) is 15.5. The second-order valence-corrected chi connectivity index (χ2v) is 4.61. The first kappa shape index (κ1) is 15.8. The van der Waals surface area contributed by atoms with Crippen LogP contribution in [0.4, 0.5) is 13.2 Å². The molecule has 0 spiro atoms. The number of hydrogen-bond acceptors (Lipinski definition) is 3. The molecule has 21 heavy (non-hydrogen) atoms. The summed E-state index contributed by atoms with van der Waals surface area (Å²) in [4.78, 5) is 4.30. The van der Waals surface area contributed by atoms with E-state index < -0.39 is 11.7 Å². The predicted octanol–water partition coefficient (Wildman–Crippen LogP) is 2.81. The third kappa shape index (κ3) is 3.54. The van der Waals surface area contributed by atoms with Gasteiger partial charge in [0.25, 0.3) is 0 Å². The lowest BCUT2D eigenvalue weighted by molar-refractivity contribution is -0.137. The molecule has 0 bridgehead atoms. The van der Waals surface area contributed by atoms with E-state index in [-0.39, 0.29) is 0 Å². The number of nitrogens with one attached hydrogen (secondary N) is 1. The van der Waals surface area contributed by atoms with Gasteiger partial charge in [-0.1, -0.05) is 0 Å². The van der Waals surface area contributed by atoms with Crippen LogP contribution in [0.2, 0.25) is 0 Å². The van der Waals surface area contributed by atoms with Crippen LogP contribution >= 0.6 is 0 Å². The number of rotatable bonds is 6. The van der Waals surface area contributed by atoms with Crippen LogP contribution < -0.4 is 5.32 Å². The Balaban J connectivity index is 2.41. The molecule has 0 saturated heterocycles. The summed E-state index contributed by atoms with van der Waals surface area (Å²) in [5, 5.41) is 2.97. The largest absolute Gasteiger partial charge is 0.416 e. The smallest absolute Gasteiger partial charge is 0.380 e. The van der Waals surface area contributed by atoms with E-state index in [2.05, 4.69) is 10.3 Å². The highest BCUT2D eigenvalue weighted by atomic mass is 19.4. The summed E-state index contributed by atoms with van der Waals surface area (Å²) in [6, 6.07) is 3.65. The average molecular weight is 301 g/mol. The van der Waals surface area contributed by atoms with Crippen molar-refractivity contribution in [3.8, 4) is 0 Å². The molecule has 0 aliphatic heterocycles. The van der Waals surface area contributed by atoms with Crippen molar-refractivity contribution in [2.24, 2.45) is 0 Å². The first-order valence-corrected chi connectivity index (χ1v) is 6.76. The van der Waals surface area contributed by atoms with Crippen LogP contribution in [-0.4, -0.2) is 29.8 Å². The number of fused-ring (bicyclic) bond motifs is 1. The lowest BCUT2D eigenvalue weighted by Gasteiger charge is -2.09. The maximum absolute atomic E-state index is 12.8. The Hall–Kier alpha value is -1.60. The van der Waals surface area contributed by atoms with Gasteiger partial charge in [0, 0.05) is 13.2 Å². The van der Waals surface area contributed by atoms with Gasteiger partial charge in [0.15, 0.2) is 0 Å². The Morgan fingerprint density at radius 1 is 1.33 bits per heavy atom. The summed E-state index contributed by atoms with van der Waals surface area (Å²) in [7, 11) is 1.77. The van der Waals surface area contributed by atoms with E-state index in [4.69, 9.17) is 4.74 Å². The van der Waals surface area contributed by atoms with E-state index in [1.807, 2.05) is 11.5 Å². The molecule has 0 unspecified atom stereocenters. The van der Waals surface area contributed by atoms with E-state index >= 15 is 0 Å². The number of halogens is 3. The predicted molar refractivity (Wildman–Crippen MR) is 74.0 cm³/mol. The fraction of sp³-hybridized carbons (Fsp3) is 0.500. The Bertz CT molecular complexity index is 607. The van der Waals surface area contributed by atoms with Gasteiger partial charge in [-0.15, -0.1) is 0 Å². The number of imidazole rings is 1. The highest BCUT2D eigenvalue weighted by Crippen LogP contribution is 2.31. The van der Waals surface area contributed by atoms with Crippen LogP contribution in [0.25, 0.3) is 11.0 Å². The minimum atomic E-state index is -4.35. The molecule has 2 aromatic rings. The van der Waals surface area contributed by atoms with Crippen LogP contribution in [0.15, 0.2) is 18.2 Å². The molecule has 2 rings (SSSR count). The van der Waals surface area contributed by atoms with Crippen LogP contribution in [0.3, 0.4) is 0 Å². The molecule has 1 aromatic carbocycles. The second-order valence-electron chi connectivity index (χ2n) is 4.61. The van der Waals surface area contributed by atoms with Crippen molar-refractivity contribution >= 4 is 11.0 Å². The summed E-state index contributed by atoms with van der Waals surface area (Å²) >= 11 is 0. The van der Waals surface area contributed by atoms with Crippen LogP contribution in [0, 0.1) is 0 Å². The van der Waals surface area contributed by atoms with Crippen molar-refractivity contribution in [2.45, 2.75) is 26.2 Å². The fourth-order valence-electron chi connectivity index (χ4n) is 2.20. The topological polar surface area (TPSA) is 39.1 Å². The van der Waals surface area contributed by atoms with Crippen molar-refractivity contribution in [2.75, 3.05) is 20.3 Å². The Labute approximate surface area is 120 Å². The molecule has 1 N–H and O–H groups in total. The standard InChI is InChI=1S/C14H18F3N3O/c1-3-21-7-6-20-12-5-4-10(14(15,16)17)8-11(12)19-13(20)9-18-2/h4-5,8,18H,3,6-7,9H2,1-2H3. The Kier molecular flexibility index (Phi) is 4.84. The molecule has 1 aromatic heterocycles. The third-order valence-corrected chi connectivity index (χ3v) is 3.15. The van der Waals surface area contributed by atoms with Crippen molar-refractivity contribution in [1.29, 1.82) is 0 Å². The van der Waals surface area contributed by atoms with E-state index in [9.17, 15) is 13.2 Å². The van der Waals surface area contributed by atoms with E-state index in [1.54, 1.807) is 7.05 Å². The molecule has 4 nitrogen and oxygen atoms in total. The lowest BCUT2D eigenvalue weighted by atomic mass is 10.2. The normalized spacial score (nSPS) is 12.2. The number of alkyl halides is 3. The summed E-state index contributed by atoms with van der Waals surface area (Å²) < 4.78 is 45.5. The molecule has 0 aliphatic rings. The molecule has 0 saturated carbocycles. The number of benzene rings is 1. The SMILES string of the molecule is CCOCCn1c(CNC)nc2cc(C(F)(F)F)ccc21. The van der Waals surface area contributed by atoms with Gasteiger partial charge in [0.05, 0.1) is 29.7 Å². The second kappa shape index (κ2) is 6.44. The van der Waals surface area contributed by atoms with Gasteiger partial charge in [-0.05, 0) is 32.2 Å². The van der Waals surface area contributed by atoms with Crippen molar-refractivity contribution in [3.05, 3.63) is 29.6 Å². The Morgan fingerprint density at radius 2 is 2.10 bits per heavy atom. The van der Waals surface area contributed by atoms with Crippen LogP contribution in [0.1, 0.15) is 18.3 Å². The summed E-state index contributed by atoms with van der Waals surface area (Å²) in [5.41, 5.74) is 0.361. The van der Waals surface area contributed by atoms with Gasteiger partial charge in [-0.3, -0.25) is 0 Å². The molecule has 0 amide bonds. The number of ether oxygens (including phenoxy) is 1. The first-order chi connectivity index (χ1) is 9.97. The first-order valence-electron chi connectivity index (χ1n) is 6.76. The lowest BCUT2D eigenvalue weighted by Crippen LogP contribution is -2.14. The van der Waals surface area contributed by atoms with E-state index in [1.165, 1.54) is 6.07 Å². The fourth-order valence-corrected chi connectivity index (χ4v) is 2.20. The van der Waals surface area contributed by atoms with E-state index in [0.29, 0.717) is 43.2 Å². The molecular weight excluding hydrogens is 283 g/mol. The van der Waals surface area contributed by atoms with Gasteiger partial charge in [0.2, 0.25) is 0 Å². The number of aromatic nitrogens is 2. The summed E-state index contributed by atoms with van der Waals surface area (Å²) in [6.07, 6.45) is -4.35. The zero-order valence-electron chi connectivity index (χ0n) is 12.0. The highest BCUT2D eigenvalue weighted by molar-refractivity contribution is 5.77. The van der Waals surface area contributed by atoms with Crippen molar-refractivity contribution < 1.29 is 17.9 Å². The molecule has 0 atom stereocenters. The van der Waals surface area contributed by atoms with Gasteiger partial charge in [-0.2, -0.15) is 13.2 Å².